The molecule has 1 aromatic rings. The average Bonchev–Trinajstić information content (AvgIpc) is 2.49. The lowest BCUT2D eigenvalue weighted by Gasteiger charge is -2.23. The van der Waals surface area contributed by atoms with Crippen LogP contribution in [0.3, 0.4) is 0 Å². The first-order chi connectivity index (χ1) is 9.81. The highest BCUT2D eigenvalue weighted by atomic mass is 16.5. The summed E-state index contributed by atoms with van der Waals surface area (Å²) >= 11 is 0. The molecular formula is C16H24N2O2. The van der Waals surface area contributed by atoms with Gasteiger partial charge < -0.3 is 15.4 Å². The number of para-hydroxylation sites is 1. The summed E-state index contributed by atoms with van der Waals surface area (Å²) in [5, 5.41) is 6.47. The molecule has 0 aliphatic carbocycles. The van der Waals surface area contributed by atoms with Gasteiger partial charge in [0.05, 0.1) is 12.2 Å². The van der Waals surface area contributed by atoms with Crippen LogP contribution in [0.5, 0.6) is 5.75 Å². The number of hydrogen-bond donors (Lipinski definition) is 2. The molecule has 0 bridgehead atoms. The molecular weight excluding hydrogens is 252 g/mol. The molecule has 1 aliphatic rings. The van der Waals surface area contributed by atoms with E-state index in [0.29, 0.717) is 30.5 Å². The van der Waals surface area contributed by atoms with Crippen LogP contribution < -0.4 is 15.4 Å². The molecule has 2 N–H and O–H groups in total. The summed E-state index contributed by atoms with van der Waals surface area (Å²) in [5.41, 5.74) is 0.617. The minimum Gasteiger partial charge on any atom is -0.493 e. The zero-order valence-electron chi connectivity index (χ0n) is 12.2. The van der Waals surface area contributed by atoms with Crippen molar-refractivity contribution in [1.82, 2.24) is 10.6 Å². The first-order valence-electron chi connectivity index (χ1n) is 7.54. The molecule has 1 amide bonds. The van der Waals surface area contributed by atoms with E-state index in [4.69, 9.17) is 4.74 Å². The monoisotopic (exact) mass is 276 g/mol. The molecule has 0 saturated carbocycles. The van der Waals surface area contributed by atoms with Gasteiger partial charge in [0.25, 0.3) is 5.91 Å². The highest BCUT2D eigenvalue weighted by Crippen LogP contribution is 2.17. The fourth-order valence-electron chi connectivity index (χ4n) is 2.56. The molecule has 110 valence electrons. The van der Waals surface area contributed by atoms with E-state index >= 15 is 0 Å². The number of piperidine rings is 1. The van der Waals surface area contributed by atoms with Gasteiger partial charge in [-0.25, -0.2) is 0 Å². The molecule has 1 fully saturated rings. The van der Waals surface area contributed by atoms with E-state index in [-0.39, 0.29) is 5.91 Å². The van der Waals surface area contributed by atoms with Crippen molar-refractivity contribution >= 4 is 5.91 Å². The molecule has 1 saturated heterocycles. The Morgan fingerprint density at radius 1 is 1.40 bits per heavy atom. The third-order valence-corrected chi connectivity index (χ3v) is 3.62. The van der Waals surface area contributed by atoms with E-state index in [1.54, 1.807) is 6.07 Å². The first kappa shape index (κ1) is 14.9. The number of rotatable bonds is 6. The minimum atomic E-state index is -0.0511. The SMILES string of the molecule is CCOc1ccccc1C(=O)NCCC1CCCCN1. The zero-order chi connectivity index (χ0) is 14.2. The quantitative estimate of drug-likeness (QED) is 0.838. The summed E-state index contributed by atoms with van der Waals surface area (Å²) in [6.45, 7) is 4.29. The third kappa shape index (κ3) is 4.23. The Bertz CT molecular complexity index is 428. The normalized spacial score (nSPS) is 18.6. The maximum Gasteiger partial charge on any atom is 0.255 e. The van der Waals surface area contributed by atoms with Gasteiger partial charge in [0, 0.05) is 12.6 Å². The van der Waals surface area contributed by atoms with Crippen LogP contribution in [0.25, 0.3) is 0 Å². The number of carbonyl (C=O) groups is 1. The van der Waals surface area contributed by atoms with Crippen LogP contribution in [0.2, 0.25) is 0 Å². The largest absolute Gasteiger partial charge is 0.493 e. The average molecular weight is 276 g/mol. The number of amides is 1. The molecule has 0 radical (unpaired) electrons. The highest BCUT2D eigenvalue weighted by molar-refractivity contribution is 5.96. The van der Waals surface area contributed by atoms with Crippen molar-refractivity contribution in [3.63, 3.8) is 0 Å². The molecule has 0 aromatic heterocycles. The van der Waals surface area contributed by atoms with E-state index in [1.165, 1.54) is 19.3 Å². The number of benzene rings is 1. The third-order valence-electron chi connectivity index (χ3n) is 3.62. The molecule has 20 heavy (non-hydrogen) atoms. The maximum atomic E-state index is 12.2. The molecule has 1 aromatic carbocycles. The summed E-state index contributed by atoms with van der Waals surface area (Å²) in [7, 11) is 0. The summed E-state index contributed by atoms with van der Waals surface area (Å²) in [6.07, 6.45) is 4.76. The van der Waals surface area contributed by atoms with Crippen molar-refractivity contribution in [2.75, 3.05) is 19.7 Å². The topological polar surface area (TPSA) is 50.4 Å². The maximum absolute atomic E-state index is 12.2. The van der Waals surface area contributed by atoms with Gasteiger partial charge in [-0.05, 0) is 44.9 Å². The van der Waals surface area contributed by atoms with Gasteiger partial charge in [0.1, 0.15) is 5.75 Å². The van der Waals surface area contributed by atoms with Gasteiger partial charge in [-0.15, -0.1) is 0 Å². The molecule has 1 atom stereocenters. The fourth-order valence-corrected chi connectivity index (χ4v) is 2.56. The van der Waals surface area contributed by atoms with Gasteiger partial charge >= 0.3 is 0 Å². The summed E-state index contributed by atoms with van der Waals surface area (Å²) in [4.78, 5) is 12.2. The lowest BCUT2D eigenvalue weighted by molar-refractivity contribution is 0.0948. The number of ether oxygens (including phenoxy) is 1. The first-order valence-corrected chi connectivity index (χ1v) is 7.54. The van der Waals surface area contributed by atoms with Gasteiger partial charge in [-0.1, -0.05) is 18.6 Å². The van der Waals surface area contributed by atoms with Crippen molar-refractivity contribution < 1.29 is 9.53 Å². The highest BCUT2D eigenvalue weighted by Gasteiger charge is 2.14. The van der Waals surface area contributed by atoms with E-state index < -0.39 is 0 Å². The van der Waals surface area contributed by atoms with E-state index in [9.17, 15) is 4.79 Å². The molecule has 1 heterocycles. The van der Waals surface area contributed by atoms with Crippen molar-refractivity contribution in [3.05, 3.63) is 29.8 Å². The standard InChI is InChI=1S/C16H24N2O2/c1-2-20-15-9-4-3-8-14(15)16(19)18-12-10-13-7-5-6-11-17-13/h3-4,8-9,13,17H,2,5-7,10-12H2,1H3,(H,18,19). The molecule has 4 heteroatoms. The number of carbonyl (C=O) groups excluding carboxylic acids is 1. The van der Waals surface area contributed by atoms with Gasteiger partial charge in [0.2, 0.25) is 0 Å². The van der Waals surface area contributed by atoms with Crippen molar-refractivity contribution in [3.8, 4) is 5.75 Å². The Morgan fingerprint density at radius 2 is 2.25 bits per heavy atom. The second kappa shape index (κ2) is 7.90. The Balaban J connectivity index is 1.82. The molecule has 1 unspecified atom stereocenters. The summed E-state index contributed by atoms with van der Waals surface area (Å²) in [5.74, 6) is 0.605. The summed E-state index contributed by atoms with van der Waals surface area (Å²) in [6, 6.07) is 7.93. The van der Waals surface area contributed by atoms with Crippen LogP contribution in [0, 0.1) is 0 Å². The second-order valence-corrected chi connectivity index (χ2v) is 5.12. The molecule has 4 nitrogen and oxygen atoms in total. The number of hydrogen-bond acceptors (Lipinski definition) is 3. The van der Waals surface area contributed by atoms with Crippen LogP contribution in [0.4, 0.5) is 0 Å². The van der Waals surface area contributed by atoms with Crippen LogP contribution in [-0.4, -0.2) is 31.6 Å². The van der Waals surface area contributed by atoms with E-state index in [2.05, 4.69) is 10.6 Å². The lowest BCUT2D eigenvalue weighted by atomic mass is 10.0. The van der Waals surface area contributed by atoms with Crippen LogP contribution in [0.1, 0.15) is 43.0 Å². The summed E-state index contributed by atoms with van der Waals surface area (Å²) < 4.78 is 5.48. The van der Waals surface area contributed by atoms with Crippen molar-refractivity contribution in [1.29, 1.82) is 0 Å². The zero-order valence-corrected chi connectivity index (χ0v) is 12.2. The van der Waals surface area contributed by atoms with E-state index in [1.807, 2.05) is 25.1 Å². The van der Waals surface area contributed by atoms with Crippen molar-refractivity contribution in [2.24, 2.45) is 0 Å². The minimum absolute atomic E-state index is 0.0511. The van der Waals surface area contributed by atoms with Gasteiger partial charge in [-0.3, -0.25) is 4.79 Å². The lowest BCUT2D eigenvalue weighted by Crippen LogP contribution is -2.37. The van der Waals surface area contributed by atoms with Crippen LogP contribution >= 0.6 is 0 Å². The molecule has 0 spiro atoms. The molecule has 2 rings (SSSR count). The smallest absolute Gasteiger partial charge is 0.255 e. The molecule has 1 aliphatic heterocycles. The Labute approximate surface area is 120 Å². The second-order valence-electron chi connectivity index (χ2n) is 5.12. The fraction of sp³-hybridized carbons (Fsp3) is 0.562. The van der Waals surface area contributed by atoms with Crippen LogP contribution in [0.15, 0.2) is 24.3 Å². The van der Waals surface area contributed by atoms with Gasteiger partial charge in [-0.2, -0.15) is 0 Å². The number of nitrogens with one attached hydrogen (secondary N) is 2. The predicted molar refractivity (Wildman–Crippen MR) is 80.2 cm³/mol. The Kier molecular flexibility index (Phi) is 5.87. The van der Waals surface area contributed by atoms with Crippen LogP contribution in [-0.2, 0) is 0 Å². The van der Waals surface area contributed by atoms with Crippen molar-refractivity contribution in [2.45, 2.75) is 38.6 Å². The van der Waals surface area contributed by atoms with E-state index in [0.717, 1.165) is 13.0 Å². The van der Waals surface area contributed by atoms with Gasteiger partial charge in [0.15, 0.2) is 0 Å². The predicted octanol–water partition coefficient (Wildman–Crippen LogP) is 2.35. The Hall–Kier alpha value is -1.55. The Morgan fingerprint density at radius 3 is 3.00 bits per heavy atom.